The molecule has 1 aromatic heterocycles. The number of amides is 2. The number of aromatic nitrogens is 2. The fourth-order valence-electron chi connectivity index (χ4n) is 4.17. The molecule has 1 atom stereocenters. The number of rotatable bonds is 4. The minimum Gasteiger partial charge on any atom is -0.346 e. The predicted octanol–water partition coefficient (Wildman–Crippen LogP) is 2.26. The van der Waals surface area contributed by atoms with Crippen LogP contribution in [0.4, 0.5) is 5.69 Å². The van der Waals surface area contributed by atoms with E-state index in [0.717, 1.165) is 36.5 Å². The molecule has 8 heteroatoms. The van der Waals surface area contributed by atoms with E-state index < -0.39 is 0 Å². The Hall–Kier alpha value is -2.38. The van der Waals surface area contributed by atoms with E-state index in [1.54, 1.807) is 12.1 Å². The van der Waals surface area contributed by atoms with E-state index in [9.17, 15) is 9.59 Å². The number of nitrogens with one attached hydrogen (secondary N) is 2. The maximum Gasteiger partial charge on any atom is 0.238 e. The lowest BCUT2D eigenvalue weighted by Gasteiger charge is -2.36. The molecule has 1 aromatic carbocycles. The van der Waals surface area contributed by atoms with Crippen molar-refractivity contribution in [1.29, 1.82) is 0 Å². The normalized spacial score (nSPS) is 19.7. The van der Waals surface area contributed by atoms with Gasteiger partial charge in [-0.05, 0) is 31.9 Å². The molecule has 2 N–H and O–H groups in total. The molecule has 29 heavy (non-hydrogen) atoms. The van der Waals surface area contributed by atoms with E-state index >= 15 is 0 Å². The topological polar surface area (TPSA) is 81.3 Å². The number of halogens is 1. The number of benzene rings is 1. The average molecular weight is 416 g/mol. The first-order valence-electron chi connectivity index (χ1n) is 10.1. The van der Waals surface area contributed by atoms with Crippen molar-refractivity contribution in [2.45, 2.75) is 26.2 Å². The molecule has 0 radical (unpaired) electrons. The van der Waals surface area contributed by atoms with Gasteiger partial charge in [-0.2, -0.15) is 0 Å². The summed E-state index contributed by atoms with van der Waals surface area (Å²) in [5.74, 6) is 1.08. The third-order valence-electron chi connectivity index (χ3n) is 5.71. The standard InChI is InChI=1S/C21H26ClN5O2/c1-14-23-18-7-6-15(12-19(18)24-14)21(29)27-10-8-26(9-11-27)13-20(28)25-17-5-3-2-4-16(17)22/h2-5,15H,6-13H2,1H3,(H,23,24)(H,25,28)/t15-/m1/s1. The maximum atomic E-state index is 13.0. The van der Waals surface area contributed by atoms with Gasteiger partial charge in [-0.25, -0.2) is 4.98 Å². The zero-order chi connectivity index (χ0) is 20.4. The zero-order valence-electron chi connectivity index (χ0n) is 16.6. The van der Waals surface area contributed by atoms with Gasteiger partial charge in [0.2, 0.25) is 11.8 Å². The average Bonchev–Trinajstić information content (AvgIpc) is 3.09. The Balaban J connectivity index is 1.25. The van der Waals surface area contributed by atoms with Crippen LogP contribution in [-0.4, -0.2) is 64.3 Å². The van der Waals surface area contributed by atoms with Gasteiger partial charge >= 0.3 is 0 Å². The Morgan fingerprint density at radius 2 is 2.00 bits per heavy atom. The van der Waals surface area contributed by atoms with Crippen molar-refractivity contribution in [2.75, 3.05) is 38.0 Å². The van der Waals surface area contributed by atoms with Crippen LogP contribution in [0, 0.1) is 12.8 Å². The lowest BCUT2D eigenvalue weighted by molar-refractivity contribution is -0.137. The number of hydrogen-bond donors (Lipinski definition) is 2. The molecule has 2 heterocycles. The van der Waals surface area contributed by atoms with Crippen LogP contribution < -0.4 is 5.32 Å². The summed E-state index contributed by atoms with van der Waals surface area (Å²) in [6.07, 6.45) is 2.46. The minimum atomic E-state index is -0.0905. The number of carbonyl (C=O) groups excluding carboxylic acids is 2. The van der Waals surface area contributed by atoms with Gasteiger partial charge in [0.1, 0.15) is 5.82 Å². The Morgan fingerprint density at radius 3 is 2.76 bits per heavy atom. The molecule has 2 amide bonds. The highest BCUT2D eigenvalue weighted by atomic mass is 35.5. The summed E-state index contributed by atoms with van der Waals surface area (Å²) in [5.41, 5.74) is 2.85. The highest BCUT2D eigenvalue weighted by molar-refractivity contribution is 6.33. The molecule has 0 saturated carbocycles. The summed E-state index contributed by atoms with van der Waals surface area (Å²) in [6.45, 7) is 4.96. The number of aryl methyl sites for hydroxylation is 2. The number of imidazole rings is 1. The lowest BCUT2D eigenvalue weighted by Crippen LogP contribution is -2.52. The fourth-order valence-corrected chi connectivity index (χ4v) is 4.36. The van der Waals surface area contributed by atoms with Gasteiger partial charge in [0.05, 0.1) is 22.9 Å². The predicted molar refractivity (Wildman–Crippen MR) is 112 cm³/mol. The van der Waals surface area contributed by atoms with Crippen LogP contribution >= 0.6 is 11.6 Å². The van der Waals surface area contributed by atoms with Crippen molar-refractivity contribution in [3.8, 4) is 0 Å². The summed E-state index contributed by atoms with van der Waals surface area (Å²) >= 11 is 6.09. The van der Waals surface area contributed by atoms with Crippen LogP contribution in [0.3, 0.4) is 0 Å². The molecule has 4 rings (SSSR count). The summed E-state index contributed by atoms with van der Waals surface area (Å²) in [5, 5.41) is 3.38. The first-order chi connectivity index (χ1) is 14.0. The van der Waals surface area contributed by atoms with E-state index in [2.05, 4.69) is 20.2 Å². The molecule has 0 unspecified atom stereocenters. The Morgan fingerprint density at radius 1 is 1.24 bits per heavy atom. The highest BCUT2D eigenvalue weighted by Crippen LogP contribution is 2.26. The molecule has 2 aliphatic rings. The number of fused-ring (bicyclic) bond motifs is 1. The van der Waals surface area contributed by atoms with Gasteiger partial charge in [-0.15, -0.1) is 0 Å². The third-order valence-corrected chi connectivity index (χ3v) is 6.04. The van der Waals surface area contributed by atoms with Gasteiger partial charge in [0.15, 0.2) is 0 Å². The van der Waals surface area contributed by atoms with Gasteiger partial charge in [0, 0.05) is 44.2 Å². The molecule has 1 fully saturated rings. The molecule has 154 valence electrons. The first-order valence-corrected chi connectivity index (χ1v) is 10.5. The largest absolute Gasteiger partial charge is 0.346 e. The van der Waals surface area contributed by atoms with Crippen LogP contribution in [0.1, 0.15) is 23.6 Å². The monoisotopic (exact) mass is 415 g/mol. The molecule has 2 aromatic rings. The maximum absolute atomic E-state index is 13.0. The van der Waals surface area contributed by atoms with Gasteiger partial charge in [-0.3, -0.25) is 14.5 Å². The number of para-hydroxylation sites is 1. The minimum absolute atomic E-state index is 0.0254. The van der Waals surface area contributed by atoms with Crippen molar-refractivity contribution in [3.63, 3.8) is 0 Å². The number of hydrogen-bond acceptors (Lipinski definition) is 4. The number of carbonyl (C=O) groups is 2. The van der Waals surface area contributed by atoms with E-state index in [-0.39, 0.29) is 17.7 Å². The summed E-state index contributed by atoms with van der Waals surface area (Å²) in [7, 11) is 0. The van der Waals surface area contributed by atoms with Crippen molar-refractivity contribution < 1.29 is 9.59 Å². The Labute approximate surface area is 175 Å². The number of H-pyrrole nitrogens is 1. The summed E-state index contributed by atoms with van der Waals surface area (Å²) in [6, 6.07) is 7.20. The lowest BCUT2D eigenvalue weighted by atomic mass is 9.88. The molecule has 1 aliphatic heterocycles. The molecule has 0 bridgehead atoms. The van der Waals surface area contributed by atoms with E-state index in [1.807, 2.05) is 24.0 Å². The van der Waals surface area contributed by atoms with Crippen molar-refractivity contribution >= 4 is 29.1 Å². The quantitative estimate of drug-likeness (QED) is 0.802. The number of anilines is 1. The smallest absolute Gasteiger partial charge is 0.238 e. The van der Waals surface area contributed by atoms with E-state index in [0.29, 0.717) is 43.4 Å². The summed E-state index contributed by atoms with van der Waals surface area (Å²) in [4.78, 5) is 37.1. The highest BCUT2D eigenvalue weighted by Gasteiger charge is 2.31. The van der Waals surface area contributed by atoms with Gasteiger partial charge in [-0.1, -0.05) is 23.7 Å². The molecule has 0 spiro atoms. The van der Waals surface area contributed by atoms with Crippen LogP contribution in [0.2, 0.25) is 5.02 Å². The second-order valence-corrected chi connectivity index (χ2v) is 8.22. The third kappa shape index (κ3) is 4.62. The second-order valence-electron chi connectivity index (χ2n) is 7.82. The van der Waals surface area contributed by atoms with Crippen LogP contribution in [0.25, 0.3) is 0 Å². The SMILES string of the molecule is Cc1nc2c([nH]1)C[C@H](C(=O)N1CCN(CC(=O)Nc3ccccc3Cl)CC1)CC2. The summed E-state index contributed by atoms with van der Waals surface area (Å²) < 4.78 is 0. The van der Waals surface area contributed by atoms with E-state index in [1.165, 1.54) is 0 Å². The Bertz CT molecular complexity index is 904. The number of piperazine rings is 1. The number of nitrogens with zero attached hydrogens (tertiary/aromatic N) is 3. The Kier molecular flexibility index (Phi) is 5.87. The first kappa shape index (κ1) is 19.9. The van der Waals surface area contributed by atoms with Crippen LogP contribution in [0.5, 0.6) is 0 Å². The van der Waals surface area contributed by atoms with Crippen molar-refractivity contribution in [3.05, 3.63) is 46.5 Å². The van der Waals surface area contributed by atoms with Crippen molar-refractivity contribution in [1.82, 2.24) is 19.8 Å². The van der Waals surface area contributed by atoms with Crippen LogP contribution in [0.15, 0.2) is 24.3 Å². The molecule has 1 saturated heterocycles. The molecular weight excluding hydrogens is 390 g/mol. The fraction of sp³-hybridized carbons (Fsp3) is 0.476. The van der Waals surface area contributed by atoms with Gasteiger partial charge in [0.25, 0.3) is 0 Å². The second kappa shape index (κ2) is 8.55. The zero-order valence-corrected chi connectivity index (χ0v) is 17.3. The molecular formula is C21H26ClN5O2. The number of aromatic amines is 1. The van der Waals surface area contributed by atoms with Gasteiger partial charge < -0.3 is 15.2 Å². The van der Waals surface area contributed by atoms with Crippen LogP contribution in [-0.2, 0) is 22.4 Å². The molecule has 7 nitrogen and oxygen atoms in total. The van der Waals surface area contributed by atoms with E-state index in [4.69, 9.17) is 11.6 Å². The van der Waals surface area contributed by atoms with Crippen molar-refractivity contribution in [2.24, 2.45) is 5.92 Å². The molecule has 1 aliphatic carbocycles.